The summed E-state index contributed by atoms with van der Waals surface area (Å²) in [5.74, 6) is 4.17. The van der Waals surface area contributed by atoms with Gasteiger partial charge in [-0.25, -0.2) is 0 Å². The van der Waals surface area contributed by atoms with E-state index in [0.29, 0.717) is 11.8 Å². The number of aryl methyl sites for hydroxylation is 2. The maximum atomic E-state index is 5.07. The highest BCUT2D eigenvalue weighted by Crippen LogP contribution is 2.23. The summed E-state index contributed by atoms with van der Waals surface area (Å²) in [6.45, 7) is 9.03. The van der Waals surface area contributed by atoms with E-state index in [1.807, 2.05) is 13.0 Å². The van der Waals surface area contributed by atoms with Gasteiger partial charge in [0.05, 0.1) is 5.69 Å². The molecule has 2 aromatic rings. The lowest BCUT2D eigenvalue weighted by atomic mass is 9.98. The minimum absolute atomic E-state index is 0.427. The summed E-state index contributed by atoms with van der Waals surface area (Å²) in [4.78, 5) is 0. The average molecular weight is 289 g/mol. The van der Waals surface area contributed by atoms with Crippen LogP contribution in [0.25, 0.3) is 0 Å². The molecule has 0 aliphatic carbocycles. The smallest absolute Gasteiger partial charge is 0.135 e. The third-order valence-corrected chi connectivity index (χ3v) is 4.01. The van der Waals surface area contributed by atoms with Crippen LogP contribution in [0.4, 0.5) is 0 Å². The molecule has 114 valence electrons. The van der Waals surface area contributed by atoms with Gasteiger partial charge in [-0.15, -0.1) is 10.2 Å². The molecule has 6 heteroatoms. The van der Waals surface area contributed by atoms with Crippen molar-refractivity contribution in [2.75, 3.05) is 6.54 Å². The number of nitrogens with one attached hydrogen (secondary N) is 1. The van der Waals surface area contributed by atoms with E-state index in [1.165, 1.54) is 6.42 Å². The van der Waals surface area contributed by atoms with Crippen LogP contribution in [-0.4, -0.2) is 26.5 Å². The first-order valence-electron chi connectivity index (χ1n) is 7.68. The molecule has 0 fully saturated rings. The summed E-state index contributed by atoms with van der Waals surface area (Å²) in [6.07, 6.45) is 2.19. The molecular formula is C15H23N5O. The highest BCUT2D eigenvalue weighted by Gasteiger charge is 2.23. The number of fused-ring (bicyclic) bond motifs is 1. The number of rotatable bonds is 5. The van der Waals surface area contributed by atoms with Crippen molar-refractivity contribution in [1.29, 1.82) is 0 Å². The van der Waals surface area contributed by atoms with Crippen LogP contribution in [0.5, 0.6) is 0 Å². The fourth-order valence-corrected chi connectivity index (χ4v) is 2.92. The van der Waals surface area contributed by atoms with Gasteiger partial charge in [0.25, 0.3) is 0 Å². The fraction of sp³-hybridized carbons (Fsp3) is 0.667. The molecule has 1 atom stereocenters. The Morgan fingerprint density at radius 2 is 2.29 bits per heavy atom. The van der Waals surface area contributed by atoms with Crippen molar-refractivity contribution in [1.82, 2.24) is 25.2 Å². The van der Waals surface area contributed by atoms with Gasteiger partial charge in [0.15, 0.2) is 0 Å². The van der Waals surface area contributed by atoms with E-state index in [0.717, 1.165) is 49.2 Å². The van der Waals surface area contributed by atoms with E-state index >= 15 is 0 Å². The van der Waals surface area contributed by atoms with Gasteiger partial charge in [0, 0.05) is 38.0 Å². The van der Waals surface area contributed by atoms with Gasteiger partial charge in [-0.05, 0) is 19.3 Å². The quantitative estimate of drug-likeness (QED) is 0.912. The molecule has 1 aliphatic heterocycles. The Balaban J connectivity index is 1.55. The lowest BCUT2D eigenvalue weighted by Gasteiger charge is -2.25. The lowest BCUT2D eigenvalue weighted by molar-refractivity contribution is 0.336. The molecule has 0 bridgehead atoms. The van der Waals surface area contributed by atoms with Crippen molar-refractivity contribution in [3.63, 3.8) is 0 Å². The summed E-state index contributed by atoms with van der Waals surface area (Å²) >= 11 is 0. The van der Waals surface area contributed by atoms with E-state index in [9.17, 15) is 0 Å². The molecule has 0 saturated carbocycles. The van der Waals surface area contributed by atoms with Gasteiger partial charge >= 0.3 is 0 Å². The van der Waals surface area contributed by atoms with Crippen molar-refractivity contribution in [2.45, 2.75) is 52.6 Å². The molecule has 0 radical (unpaired) electrons. The third kappa shape index (κ3) is 3.15. The third-order valence-electron chi connectivity index (χ3n) is 4.01. The standard InChI is InChI=1S/C15H23N5O/c1-10(2)15-18-17-14-5-4-12(9-20(14)15)7-16-8-13-6-11(3)21-19-13/h6,10,12,16H,4-5,7-9H2,1-3H3. The van der Waals surface area contributed by atoms with Crippen LogP contribution in [0.3, 0.4) is 0 Å². The van der Waals surface area contributed by atoms with Crippen LogP contribution in [0, 0.1) is 12.8 Å². The Kier molecular flexibility index (Phi) is 4.05. The monoisotopic (exact) mass is 289 g/mol. The second-order valence-corrected chi connectivity index (χ2v) is 6.20. The van der Waals surface area contributed by atoms with E-state index in [1.54, 1.807) is 0 Å². The summed E-state index contributed by atoms with van der Waals surface area (Å²) in [5, 5.41) is 16.1. The molecule has 1 unspecified atom stereocenters. The highest BCUT2D eigenvalue weighted by atomic mass is 16.5. The van der Waals surface area contributed by atoms with Crippen LogP contribution in [-0.2, 0) is 19.5 Å². The Morgan fingerprint density at radius 1 is 1.43 bits per heavy atom. The molecule has 3 heterocycles. The van der Waals surface area contributed by atoms with E-state index in [-0.39, 0.29) is 0 Å². The van der Waals surface area contributed by atoms with Crippen molar-refractivity contribution >= 4 is 0 Å². The van der Waals surface area contributed by atoms with Gasteiger partial charge in [0.2, 0.25) is 0 Å². The van der Waals surface area contributed by atoms with Crippen molar-refractivity contribution in [2.24, 2.45) is 5.92 Å². The highest BCUT2D eigenvalue weighted by molar-refractivity contribution is 5.04. The summed E-state index contributed by atoms with van der Waals surface area (Å²) in [7, 11) is 0. The molecule has 0 aromatic carbocycles. The number of hydrogen-bond acceptors (Lipinski definition) is 5. The Labute approximate surface area is 124 Å². The molecule has 1 N–H and O–H groups in total. The van der Waals surface area contributed by atoms with Gasteiger partial charge in [0.1, 0.15) is 17.4 Å². The minimum atomic E-state index is 0.427. The van der Waals surface area contributed by atoms with E-state index in [4.69, 9.17) is 4.52 Å². The molecule has 21 heavy (non-hydrogen) atoms. The van der Waals surface area contributed by atoms with Crippen LogP contribution in [0.1, 0.15) is 49.3 Å². The Morgan fingerprint density at radius 3 is 3.00 bits per heavy atom. The second kappa shape index (κ2) is 5.97. The minimum Gasteiger partial charge on any atom is -0.361 e. The van der Waals surface area contributed by atoms with Crippen molar-refractivity contribution in [3.05, 3.63) is 29.2 Å². The summed E-state index contributed by atoms with van der Waals surface area (Å²) in [6, 6.07) is 1.97. The van der Waals surface area contributed by atoms with Crippen LogP contribution in [0.2, 0.25) is 0 Å². The molecule has 2 aromatic heterocycles. The fourth-order valence-electron chi connectivity index (χ4n) is 2.92. The number of aromatic nitrogens is 4. The van der Waals surface area contributed by atoms with Gasteiger partial charge in [-0.1, -0.05) is 19.0 Å². The van der Waals surface area contributed by atoms with Gasteiger partial charge < -0.3 is 14.4 Å². The van der Waals surface area contributed by atoms with E-state index < -0.39 is 0 Å². The predicted molar refractivity (Wildman–Crippen MR) is 78.9 cm³/mol. The molecule has 6 nitrogen and oxygen atoms in total. The lowest BCUT2D eigenvalue weighted by Crippen LogP contribution is -2.30. The largest absolute Gasteiger partial charge is 0.361 e. The summed E-state index contributed by atoms with van der Waals surface area (Å²) < 4.78 is 7.38. The Bertz CT molecular complexity index is 601. The first kappa shape index (κ1) is 14.3. The molecule has 1 aliphatic rings. The summed E-state index contributed by atoms with van der Waals surface area (Å²) in [5.41, 5.74) is 0.969. The van der Waals surface area contributed by atoms with Gasteiger partial charge in [-0.2, -0.15) is 0 Å². The molecule has 0 amide bonds. The van der Waals surface area contributed by atoms with E-state index in [2.05, 4.69) is 39.1 Å². The number of hydrogen-bond donors (Lipinski definition) is 1. The maximum Gasteiger partial charge on any atom is 0.135 e. The zero-order chi connectivity index (χ0) is 14.8. The van der Waals surface area contributed by atoms with Crippen LogP contribution < -0.4 is 5.32 Å². The van der Waals surface area contributed by atoms with Crippen LogP contribution in [0.15, 0.2) is 10.6 Å². The average Bonchev–Trinajstić information content (AvgIpc) is 3.04. The zero-order valence-electron chi connectivity index (χ0n) is 13.0. The normalized spacial score (nSPS) is 18.2. The Hall–Kier alpha value is -1.69. The number of nitrogens with zero attached hydrogens (tertiary/aromatic N) is 4. The molecule has 3 rings (SSSR count). The maximum absolute atomic E-state index is 5.07. The van der Waals surface area contributed by atoms with Crippen molar-refractivity contribution < 1.29 is 4.52 Å². The second-order valence-electron chi connectivity index (χ2n) is 6.20. The molecule has 0 saturated heterocycles. The SMILES string of the molecule is Cc1cc(CNCC2CCc3nnc(C(C)C)n3C2)no1. The molecule has 0 spiro atoms. The van der Waals surface area contributed by atoms with Gasteiger partial charge in [-0.3, -0.25) is 0 Å². The predicted octanol–water partition coefficient (Wildman–Crippen LogP) is 2.05. The zero-order valence-corrected chi connectivity index (χ0v) is 13.0. The molecular weight excluding hydrogens is 266 g/mol. The first-order valence-corrected chi connectivity index (χ1v) is 7.68. The van der Waals surface area contributed by atoms with Crippen molar-refractivity contribution in [3.8, 4) is 0 Å². The first-order chi connectivity index (χ1) is 10.1. The van der Waals surface area contributed by atoms with Crippen LogP contribution >= 0.6 is 0 Å². The topological polar surface area (TPSA) is 68.8 Å².